The highest BCUT2D eigenvalue weighted by Gasteiger charge is 2.13. The van der Waals surface area contributed by atoms with Gasteiger partial charge in [0.05, 0.1) is 0 Å². The molecule has 0 spiro atoms. The maximum absolute atomic E-state index is 2.38. The van der Waals surface area contributed by atoms with Gasteiger partial charge in [-0.05, 0) is 158 Å². The molecule has 0 aliphatic carbocycles. The highest BCUT2D eigenvalue weighted by atomic mass is 14.2. The average Bonchev–Trinajstić information content (AvgIpc) is 3.41. The van der Waals surface area contributed by atoms with E-state index in [1.165, 1.54) is 121 Å². The van der Waals surface area contributed by atoms with Crippen LogP contribution in [0.1, 0.15) is 0 Å². The van der Waals surface area contributed by atoms with E-state index in [1.807, 2.05) is 0 Å². The lowest BCUT2D eigenvalue weighted by molar-refractivity contribution is 1.54. The first-order valence-corrected chi connectivity index (χ1v) is 22.8. The van der Waals surface area contributed by atoms with Crippen LogP contribution in [0.5, 0.6) is 0 Å². The fourth-order valence-corrected chi connectivity index (χ4v) is 9.80. The van der Waals surface area contributed by atoms with Crippen molar-refractivity contribution < 1.29 is 0 Å². The summed E-state index contributed by atoms with van der Waals surface area (Å²) in [5, 5.41) is 7.74. The van der Waals surface area contributed by atoms with Gasteiger partial charge in [-0.1, -0.05) is 231 Å². The smallest absolute Gasteiger partial charge is 0.00928 e. The second-order valence-corrected chi connectivity index (χ2v) is 17.3. The zero-order chi connectivity index (χ0) is 43.8. The van der Waals surface area contributed by atoms with Gasteiger partial charge in [0.15, 0.2) is 0 Å². The van der Waals surface area contributed by atoms with Gasteiger partial charge in [0.2, 0.25) is 0 Å². The van der Waals surface area contributed by atoms with Gasteiger partial charge in [0.1, 0.15) is 0 Å². The average molecular weight is 837 g/mol. The first-order valence-electron chi connectivity index (χ1n) is 22.8. The van der Waals surface area contributed by atoms with E-state index in [0.717, 1.165) is 0 Å². The van der Waals surface area contributed by atoms with Crippen LogP contribution in [-0.2, 0) is 0 Å². The molecule has 0 saturated carbocycles. The molecule has 66 heavy (non-hydrogen) atoms. The van der Waals surface area contributed by atoms with Crippen LogP contribution in [0.3, 0.4) is 0 Å². The summed E-state index contributed by atoms with van der Waals surface area (Å²) < 4.78 is 0. The van der Waals surface area contributed by atoms with Crippen LogP contribution in [0, 0.1) is 0 Å². The molecule has 0 nitrogen and oxygen atoms in total. The lowest BCUT2D eigenvalue weighted by atomic mass is 9.90. The zero-order valence-corrected chi connectivity index (χ0v) is 36.4. The van der Waals surface area contributed by atoms with Gasteiger partial charge < -0.3 is 0 Å². The number of rotatable bonds is 8. The molecule has 12 aromatic rings. The largest absolute Gasteiger partial charge is 0.0622 e. The Labute approximate surface area is 386 Å². The van der Waals surface area contributed by atoms with Crippen molar-refractivity contribution in [1.29, 1.82) is 0 Å². The quantitative estimate of drug-likeness (QED) is 0.134. The molecule has 0 unspecified atom stereocenters. The number of benzene rings is 12. The van der Waals surface area contributed by atoms with E-state index in [2.05, 4.69) is 267 Å². The minimum absolute atomic E-state index is 1.18. The van der Waals surface area contributed by atoms with Crippen molar-refractivity contribution in [3.8, 4) is 89.0 Å². The number of fused-ring (bicyclic) bond motifs is 6. The van der Waals surface area contributed by atoms with Gasteiger partial charge in [-0.2, -0.15) is 0 Å². The van der Waals surface area contributed by atoms with E-state index < -0.39 is 0 Å². The molecular weight excluding hydrogens is 793 g/mol. The Morgan fingerprint density at radius 2 is 0.318 bits per heavy atom. The Morgan fingerprint density at radius 3 is 0.712 bits per heavy atom. The predicted molar refractivity (Wildman–Crippen MR) is 282 cm³/mol. The SMILES string of the molecule is c1ccc(-c2ccc(-c3cccc(-c4cc(-c5ccc(-c6ccc7c8ccccc8c8ccccc8c7c6)cc5)cc(-c5cccc(-c6ccc(-c7ccccc7)cc6)c5)c4)c3)cc2)cc1. The first-order chi connectivity index (χ1) is 32.7. The van der Waals surface area contributed by atoms with E-state index >= 15 is 0 Å². The van der Waals surface area contributed by atoms with E-state index in [0.29, 0.717) is 0 Å². The summed E-state index contributed by atoms with van der Waals surface area (Å²) in [6, 6.07) is 97.7. The number of hydrogen-bond acceptors (Lipinski definition) is 0. The van der Waals surface area contributed by atoms with Crippen LogP contribution in [-0.4, -0.2) is 0 Å². The van der Waals surface area contributed by atoms with Crippen molar-refractivity contribution in [2.45, 2.75) is 0 Å². The van der Waals surface area contributed by atoms with Crippen LogP contribution >= 0.6 is 0 Å². The fourth-order valence-electron chi connectivity index (χ4n) is 9.80. The van der Waals surface area contributed by atoms with Gasteiger partial charge in [0, 0.05) is 0 Å². The molecule has 0 bridgehead atoms. The van der Waals surface area contributed by atoms with Gasteiger partial charge >= 0.3 is 0 Å². The second kappa shape index (κ2) is 16.8. The normalized spacial score (nSPS) is 11.3. The lowest BCUT2D eigenvalue weighted by Crippen LogP contribution is -1.89. The molecule has 0 amide bonds. The van der Waals surface area contributed by atoms with Crippen molar-refractivity contribution >= 4 is 32.3 Å². The zero-order valence-electron chi connectivity index (χ0n) is 36.4. The molecule has 0 aromatic heterocycles. The molecule has 0 heterocycles. The maximum Gasteiger partial charge on any atom is -0.00928 e. The summed E-state index contributed by atoms with van der Waals surface area (Å²) in [6.07, 6.45) is 0. The maximum atomic E-state index is 2.38. The summed E-state index contributed by atoms with van der Waals surface area (Å²) in [5.74, 6) is 0. The van der Waals surface area contributed by atoms with Crippen LogP contribution < -0.4 is 0 Å². The van der Waals surface area contributed by atoms with Crippen LogP contribution in [0.4, 0.5) is 0 Å². The van der Waals surface area contributed by atoms with E-state index in [9.17, 15) is 0 Å². The van der Waals surface area contributed by atoms with Gasteiger partial charge in [-0.3, -0.25) is 0 Å². The Morgan fingerprint density at radius 1 is 0.106 bits per heavy atom. The minimum atomic E-state index is 1.18. The summed E-state index contributed by atoms with van der Waals surface area (Å²) >= 11 is 0. The van der Waals surface area contributed by atoms with E-state index in [-0.39, 0.29) is 0 Å². The lowest BCUT2D eigenvalue weighted by Gasteiger charge is -2.14. The molecule has 0 atom stereocenters. The highest BCUT2D eigenvalue weighted by Crippen LogP contribution is 2.40. The van der Waals surface area contributed by atoms with Gasteiger partial charge in [-0.25, -0.2) is 0 Å². The molecule has 12 aromatic carbocycles. The molecule has 0 aliphatic rings. The summed E-state index contributed by atoms with van der Waals surface area (Å²) in [7, 11) is 0. The van der Waals surface area contributed by atoms with Crippen molar-refractivity contribution in [2.24, 2.45) is 0 Å². The topological polar surface area (TPSA) is 0 Å². The van der Waals surface area contributed by atoms with Crippen molar-refractivity contribution in [3.05, 3.63) is 267 Å². The van der Waals surface area contributed by atoms with Crippen molar-refractivity contribution in [3.63, 3.8) is 0 Å². The van der Waals surface area contributed by atoms with Crippen LogP contribution in [0.25, 0.3) is 121 Å². The molecule has 12 rings (SSSR count). The molecule has 0 heteroatoms. The Kier molecular flexibility index (Phi) is 9.97. The number of hydrogen-bond donors (Lipinski definition) is 0. The standard InChI is InChI=1S/C66H44/c1-3-13-45(14-4-1)47-25-29-49(30-26-47)53-17-11-19-55(39-53)59-41-58(42-60(43-59)56-20-12-18-54(40-56)50-31-27-48(28-32-50)46-15-5-2-6-16-46)52-35-33-51(34-36-52)57-37-38-65-63-23-8-7-21-61(63)62-22-9-10-24-64(62)66(65)44-57/h1-44H. The Hall–Kier alpha value is -8.58. The third-order valence-corrected chi connectivity index (χ3v) is 13.3. The molecule has 0 N–H and O–H groups in total. The van der Waals surface area contributed by atoms with Crippen LogP contribution in [0.15, 0.2) is 267 Å². The molecule has 0 aliphatic heterocycles. The fraction of sp³-hybridized carbons (Fsp3) is 0. The summed E-state index contributed by atoms with van der Waals surface area (Å²) in [5.41, 5.74) is 19.2. The van der Waals surface area contributed by atoms with Crippen molar-refractivity contribution in [2.75, 3.05) is 0 Å². The highest BCUT2D eigenvalue weighted by molar-refractivity contribution is 6.25. The van der Waals surface area contributed by atoms with Crippen LogP contribution in [0.2, 0.25) is 0 Å². The van der Waals surface area contributed by atoms with Crippen molar-refractivity contribution in [1.82, 2.24) is 0 Å². The third kappa shape index (κ3) is 7.45. The Bertz CT molecular complexity index is 3510. The minimum Gasteiger partial charge on any atom is -0.0622 e. The second-order valence-electron chi connectivity index (χ2n) is 17.3. The monoisotopic (exact) mass is 836 g/mol. The summed E-state index contributed by atoms with van der Waals surface area (Å²) in [6.45, 7) is 0. The molecule has 0 radical (unpaired) electrons. The molecule has 308 valence electrons. The molecule has 0 saturated heterocycles. The molecular formula is C66H44. The van der Waals surface area contributed by atoms with E-state index in [1.54, 1.807) is 0 Å². The summed E-state index contributed by atoms with van der Waals surface area (Å²) in [4.78, 5) is 0. The third-order valence-electron chi connectivity index (χ3n) is 13.3. The Balaban J connectivity index is 0.930. The van der Waals surface area contributed by atoms with Gasteiger partial charge in [-0.15, -0.1) is 0 Å². The first kappa shape index (κ1) is 39.0. The predicted octanol–water partition coefficient (Wildman–Crippen LogP) is 18.5. The van der Waals surface area contributed by atoms with E-state index in [4.69, 9.17) is 0 Å². The molecule has 0 fully saturated rings. The van der Waals surface area contributed by atoms with Gasteiger partial charge in [0.25, 0.3) is 0 Å².